The van der Waals surface area contributed by atoms with Crippen molar-refractivity contribution in [3.8, 4) is 0 Å². The van der Waals surface area contributed by atoms with Gasteiger partial charge in [-0.05, 0) is 41.7 Å². The molecule has 7 heteroatoms. The highest BCUT2D eigenvalue weighted by molar-refractivity contribution is 6.04. The molecule has 0 fully saturated rings. The van der Waals surface area contributed by atoms with Gasteiger partial charge in [0.1, 0.15) is 0 Å². The molecule has 3 heterocycles. The van der Waals surface area contributed by atoms with E-state index in [1.807, 2.05) is 30.3 Å². The van der Waals surface area contributed by atoms with Crippen LogP contribution in [0.1, 0.15) is 32.8 Å². The van der Waals surface area contributed by atoms with Gasteiger partial charge in [0.25, 0.3) is 0 Å². The Hall–Kier alpha value is -3.84. The van der Waals surface area contributed by atoms with Crippen molar-refractivity contribution in [1.82, 2.24) is 21.0 Å². The smallest absolute Gasteiger partial charge is 0.226 e. The highest BCUT2D eigenvalue weighted by Crippen LogP contribution is 2.24. The van der Waals surface area contributed by atoms with Crippen molar-refractivity contribution in [3.05, 3.63) is 113 Å². The molecule has 152 valence electrons. The minimum atomic E-state index is -0.399. The molecule has 1 aliphatic rings. The Bertz CT molecular complexity index is 1060. The third-order valence-corrected chi connectivity index (χ3v) is 4.86. The molecule has 1 aromatic carbocycles. The van der Waals surface area contributed by atoms with E-state index >= 15 is 0 Å². The Morgan fingerprint density at radius 1 is 1.10 bits per heavy atom. The molecule has 2 aromatic heterocycles. The van der Waals surface area contributed by atoms with E-state index in [9.17, 15) is 9.90 Å². The summed E-state index contributed by atoms with van der Waals surface area (Å²) in [6.45, 7) is 0. The van der Waals surface area contributed by atoms with Gasteiger partial charge in [0.05, 0.1) is 12.3 Å². The number of nitrogens with zero attached hydrogens (tertiary/aromatic N) is 2. The Labute approximate surface area is 174 Å². The van der Waals surface area contributed by atoms with Gasteiger partial charge in [-0.2, -0.15) is 0 Å². The molecule has 4 rings (SSSR count). The Morgan fingerprint density at radius 2 is 1.90 bits per heavy atom. The molecule has 0 aliphatic carbocycles. The van der Waals surface area contributed by atoms with E-state index in [4.69, 9.17) is 4.42 Å². The molecule has 0 unspecified atom stereocenters. The van der Waals surface area contributed by atoms with Gasteiger partial charge < -0.3 is 14.9 Å². The lowest BCUT2D eigenvalue weighted by molar-refractivity contribution is 0.100. The van der Waals surface area contributed by atoms with Gasteiger partial charge in [0.2, 0.25) is 11.7 Å². The number of aryl methyl sites for hydroxylation is 2. The minimum Gasteiger partial charge on any atom is -0.493 e. The maximum Gasteiger partial charge on any atom is 0.226 e. The Morgan fingerprint density at radius 3 is 2.63 bits per heavy atom. The van der Waals surface area contributed by atoms with Crippen molar-refractivity contribution >= 4 is 5.78 Å². The molecule has 1 aliphatic heterocycles. The average Bonchev–Trinajstić information content (AvgIpc) is 3.44. The molecule has 0 spiro atoms. The summed E-state index contributed by atoms with van der Waals surface area (Å²) in [5.74, 6) is -0.402. The maximum absolute atomic E-state index is 12.9. The predicted octanol–water partition coefficient (Wildman–Crippen LogP) is 3.43. The van der Waals surface area contributed by atoms with Gasteiger partial charge in [0, 0.05) is 36.8 Å². The topological polar surface area (TPSA) is 90.6 Å². The van der Waals surface area contributed by atoms with Crippen LogP contribution in [-0.2, 0) is 19.3 Å². The van der Waals surface area contributed by atoms with Gasteiger partial charge in [-0.25, -0.2) is 5.01 Å². The standard InChI is InChI=1S/C23H22N4O3/c28-21(15-22(29)27-13-12-25-26-27)23-20(14-18-8-10-24-11-9-18)19(16-30-23)7-6-17-4-2-1-3-5-17/h1-5,8-13,15-16,25-26,29H,6-7,14H2. The largest absolute Gasteiger partial charge is 0.493 e. The number of allylic oxidation sites excluding steroid dienone is 1. The number of hydrazine groups is 2. The number of nitrogens with one attached hydrogen (secondary N) is 2. The van der Waals surface area contributed by atoms with Crippen LogP contribution in [0.15, 0.2) is 89.9 Å². The highest BCUT2D eigenvalue weighted by Gasteiger charge is 2.21. The molecule has 0 bridgehead atoms. The number of rotatable bonds is 8. The van der Waals surface area contributed by atoms with Crippen molar-refractivity contribution in [2.75, 3.05) is 0 Å². The highest BCUT2D eigenvalue weighted by atomic mass is 16.3. The monoisotopic (exact) mass is 402 g/mol. The first-order valence-electron chi connectivity index (χ1n) is 9.65. The van der Waals surface area contributed by atoms with E-state index in [0.717, 1.165) is 35.6 Å². The van der Waals surface area contributed by atoms with E-state index in [-0.39, 0.29) is 11.6 Å². The lowest BCUT2D eigenvalue weighted by atomic mass is 9.96. The average molecular weight is 402 g/mol. The molecule has 0 radical (unpaired) electrons. The van der Waals surface area contributed by atoms with Crippen LogP contribution in [0, 0.1) is 0 Å². The normalized spacial score (nSPS) is 13.5. The first-order valence-corrected chi connectivity index (χ1v) is 9.65. The van der Waals surface area contributed by atoms with E-state index in [0.29, 0.717) is 6.42 Å². The van der Waals surface area contributed by atoms with Crippen LogP contribution in [-0.4, -0.2) is 20.9 Å². The van der Waals surface area contributed by atoms with Crippen LogP contribution in [0.4, 0.5) is 0 Å². The van der Waals surface area contributed by atoms with Crippen LogP contribution < -0.4 is 11.0 Å². The third kappa shape index (κ3) is 4.59. The number of carbonyl (C=O) groups excluding carboxylic acids is 1. The fraction of sp³-hybridized carbons (Fsp3) is 0.130. The van der Waals surface area contributed by atoms with Crippen molar-refractivity contribution in [3.63, 3.8) is 0 Å². The molecule has 0 saturated heterocycles. The molecule has 7 nitrogen and oxygen atoms in total. The van der Waals surface area contributed by atoms with Crippen LogP contribution in [0.25, 0.3) is 0 Å². The number of aliphatic hydroxyl groups excluding tert-OH is 1. The summed E-state index contributed by atoms with van der Waals surface area (Å²) in [4.78, 5) is 16.9. The number of carbonyl (C=O) groups is 1. The summed E-state index contributed by atoms with van der Waals surface area (Å²) in [6.07, 6.45) is 11.5. The fourth-order valence-electron chi connectivity index (χ4n) is 3.30. The molecule has 0 amide bonds. The minimum absolute atomic E-state index is 0.234. The molecular weight excluding hydrogens is 380 g/mol. The number of ketones is 1. The van der Waals surface area contributed by atoms with Gasteiger partial charge in [-0.1, -0.05) is 30.3 Å². The molecule has 3 aromatic rings. The SMILES string of the molecule is O=C(C=C(O)N1C=CNN1)c1occ(CCc2ccccc2)c1Cc1ccncc1. The van der Waals surface area contributed by atoms with Crippen LogP contribution in [0.3, 0.4) is 0 Å². The van der Waals surface area contributed by atoms with Crippen molar-refractivity contribution < 1.29 is 14.3 Å². The summed E-state index contributed by atoms with van der Waals surface area (Å²) >= 11 is 0. The number of benzene rings is 1. The van der Waals surface area contributed by atoms with E-state index in [1.54, 1.807) is 31.1 Å². The number of furan rings is 1. The number of pyridine rings is 1. The van der Waals surface area contributed by atoms with E-state index < -0.39 is 5.78 Å². The number of aliphatic hydroxyl groups is 1. The summed E-state index contributed by atoms with van der Waals surface area (Å²) < 4.78 is 5.69. The van der Waals surface area contributed by atoms with Gasteiger partial charge in [-0.15, -0.1) is 5.53 Å². The predicted molar refractivity (Wildman–Crippen MR) is 112 cm³/mol. The number of hydrogen-bond acceptors (Lipinski definition) is 7. The lowest BCUT2D eigenvalue weighted by Crippen LogP contribution is -2.35. The van der Waals surface area contributed by atoms with Gasteiger partial charge >= 0.3 is 0 Å². The summed E-state index contributed by atoms with van der Waals surface area (Å²) in [5, 5.41) is 11.5. The Balaban J connectivity index is 1.60. The van der Waals surface area contributed by atoms with Gasteiger partial charge in [-0.3, -0.25) is 9.78 Å². The molecule has 3 N–H and O–H groups in total. The van der Waals surface area contributed by atoms with E-state index in [2.05, 4.69) is 28.1 Å². The van der Waals surface area contributed by atoms with Gasteiger partial charge in [0.15, 0.2) is 5.76 Å². The second-order valence-electron chi connectivity index (χ2n) is 6.90. The number of aromatic nitrogens is 1. The number of hydrogen-bond donors (Lipinski definition) is 3. The van der Waals surface area contributed by atoms with Crippen molar-refractivity contribution in [1.29, 1.82) is 0 Å². The zero-order chi connectivity index (χ0) is 20.8. The molecule has 0 saturated carbocycles. The fourth-order valence-corrected chi connectivity index (χ4v) is 3.30. The van der Waals surface area contributed by atoms with Crippen LogP contribution in [0.2, 0.25) is 0 Å². The first-order chi connectivity index (χ1) is 14.7. The van der Waals surface area contributed by atoms with Crippen LogP contribution >= 0.6 is 0 Å². The summed E-state index contributed by atoms with van der Waals surface area (Å²) in [7, 11) is 0. The first kappa shape index (κ1) is 19.5. The quantitative estimate of drug-likeness (QED) is 0.302. The second kappa shape index (κ2) is 9.11. The summed E-state index contributed by atoms with van der Waals surface area (Å²) in [5.41, 5.74) is 9.43. The molecule has 30 heavy (non-hydrogen) atoms. The Kier molecular flexibility index (Phi) is 5.91. The van der Waals surface area contributed by atoms with Crippen LogP contribution in [0.5, 0.6) is 0 Å². The second-order valence-corrected chi connectivity index (χ2v) is 6.90. The maximum atomic E-state index is 12.9. The third-order valence-electron chi connectivity index (χ3n) is 4.86. The molecule has 0 atom stereocenters. The van der Waals surface area contributed by atoms with E-state index in [1.165, 1.54) is 10.6 Å². The van der Waals surface area contributed by atoms with Crippen molar-refractivity contribution in [2.24, 2.45) is 0 Å². The zero-order valence-corrected chi connectivity index (χ0v) is 16.3. The van der Waals surface area contributed by atoms with Crippen molar-refractivity contribution in [2.45, 2.75) is 19.3 Å². The lowest BCUT2D eigenvalue weighted by Gasteiger charge is -2.13. The summed E-state index contributed by atoms with van der Waals surface area (Å²) in [6, 6.07) is 14.0. The molecular formula is C23H22N4O3. The zero-order valence-electron chi connectivity index (χ0n) is 16.3.